The molecule has 4 saturated carbocycles. The second kappa shape index (κ2) is 0.956. The average Bonchev–Trinajstić information content (AvgIpc) is 2.21. The van der Waals surface area contributed by atoms with Crippen molar-refractivity contribution in [1.82, 2.24) is 0 Å². The Balaban J connectivity index is 2.10. The smallest absolute Gasteiger partial charge is 0.0618 e. The third-order valence-corrected chi connectivity index (χ3v) is 3.66. The van der Waals surface area contributed by atoms with Gasteiger partial charge in [0, 0.05) is 11.5 Å². The summed E-state index contributed by atoms with van der Waals surface area (Å²) in [5, 5.41) is 9.43. The van der Waals surface area contributed by atoms with Crippen molar-refractivity contribution in [2.75, 3.05) is 0 Å². The van der Waals surface area contributed by atoms with Gasteiger partial charge in [0.1, 0.15) is 0 Å². The van der Waals surface area contributed by atoms with Crippen LogP contribution in [0, 0.1) is 17.8 Å². The van der Waals surface area contributed by atoms with Crippen LogP contribution in [0.5, 0.6) is 0 Å². The van der Waals surface area contributed by atoms with Gasteiger partial charge in [-0.15, -0.1) is 0 Å². The van der Waals surface area contributed by atoms with Crippen molar-refractivity contribution in [1.29, 1.82) is 0 Å². The van der Waals surface area contributed by atoms with Crippen LogP contribution >= 0.6 is 0 Å². The number of aliphatic hydroxyl groups excluding tert-OH is 1. The minimum Gasteiger partial charge on any atom is -0.392 e. The lowest BCUT2D eigenvalue weighted by Gasteiger charge is -2.03. The van der Waals surface area contributed by atoms with Crippen molar-refractivity contribution in [2.45, 2.75) is 24.5 Å². The molecule has 0 heterocycles. The Kier molecular flexibility index (Phi) is 0.498. The van der Waals surface area contributed by atoms with Gasteiger partial charge < -0.3 is 10.8 Å². The molecular formula is C7H11NO. The molecule has 0 aromatic rings. The summed E-state index contributed by atoms with van der Waals surface area (Å²) in [5.41, 5.74) is 6.08. The number of hydrogen-bond acceptors (Lipinski definition) is 2. The maximum atomic E-state index is 9.43. The Morgan fingerprint density at radius 2 is 2.33 bits per heavy atom. The molecule has 4 fully saturated rings. The monoisotopic (exact) mass is 125 g/mol. The first-order valence-electron chi connectivity index (χ1n) is 3.70. The van der Waals surface area contributed by atoms with E-state index in [0.717, 1.165) is 6.42 Å². The predicted molar refractivity (Wildman–Crippen MR) is 32.6 cm³/mol. The van der Waals surface area contributed by atoms with E-state index in [1.165, 1.54) is 6.42 Å². The molecule has 0 amide bonds. The average molecular weight is 125 g/mol. The molecule has 0 radical (unpaired) electrons. The molecule has 4 rings (SSSR count). The largest absolute Gasteiger partial charge is 0.392 e. The lowest BCUT2D eigenvalue weighted by Crippen LogP contribution is -2.22. The maximum absolute atomic E-state index is 9.43. The lowest BCUT2D eigenvalue weighted by molar-refractivity contribution is 0.135. The van der Waals surface area contributed by atoms with E-state index in [9.17, 15) is 5.11 Å². The highest BCUT2D eigenvalue weighted by molar-refractivity contribution is 5.30. The summed E-state index contributed by atoms with van der Waals surface area (Å²) in [7, 11) is 0. The van der Waals surface area contributed by atoms with E-state index in [0.29, 0.717) is 17.8 Å². The summed E-state index contributed by atoms with van der Waals surface area (Å²) < 4.78 is 0. The third kappa shape index (κ3) is 0.290. The quantitative estimate of drug-likeness (QED) is 0.467. The van der Waals surface area contributed by atoms with Gasteiger partial charge in [-0.25, -0.2) is 0 Å². The van der Waals surface area contributed by atoms with Gasteiger partial charge in [0.05, 0.1) is 6.10 Å². The van der Waals surface area contributed by atoms with Crippen LogP contribution < -0.4 is 5.73 Å². The van der Waals surface area contributed by atoms with E-state index in [2.05, 4.69) is 0 Å². The van der Waals surface area contributed by atoms with E-state index in [4.69, 9.17) is 5.73 Å². The van der Waals surface area contributed by atoms with E-state index in [-0.39, 0.29) is 11.6 Å². The van der Waals surface area contributed by atoms with E-state index in [1.54, 1.807) is 0 Å². The molecule has 0 saturated heterocycles. The molecule has 0 aliphatic heterocycles. The zero-order valence-corrected chi connectivity index (χ0v) is 5.25. The van der Waals surface area contributed by atoms with Crippen LogP contribution in [0.2, 0.25) is 0 Å². The first-order valence-corrected chi connectivity index (χ1v) is 3.70. The second-order valence-corrected chi connectivity index (χ2v) is 3.94. The molecule has 3 N–H and O–H groups in total. The molecule has 0 aromatic carbocycles. The van der Waals surface area contributed by atoms with Crippen LogP contribution in [0.15, 0.2) is 0 Å². The zero-order valence-electron chi connectivity index (χ0n) is 5.25. The summed E-state index contributed by atoms with van der Waals surface area (Å²) in [4.78, 5) is 0. The predicted octanol–water partition coefficient (Wildman–Crippen LogP) is -0.286. The number of rotatable bonds is 0. The van der Waals surface area contributed by atoms with E-state index < -0.39 is 0 Å². The van der Waals surface area contributed by atoms with Crippen LogP contribution in [-0.2, 0) is 0 Å². The van der Waals surface area contributed by atoms with Gasteiger partial charge in [0.15, 0.2) is 0 Å². The Labute approximate surface area is 54.0 Å². The molecule has 4 aliphatic rings. The summed E-state index contributed by atoms with van der Waals surface area (Å²) >= 11 is 0. The zero-order chi connectivity index (χ0) is 6.22. The van der Waals surface area contributed by atoms with Crippen molar-refractivity contribution in [3.63, 3.8) is 0 Å². The molecule has 0 spiro atoms. The highest BCUT2D eigenvalue weighted by atomic mass is 16.3. The van der Waals surface area contributed by atoms with Crippen LogP contribution in [0.25, 0.3) is 0 Å². The highest BCUT2D eigenvalue weighted by Gasteiger charge is 2.77. The molecular weight excluding hydrogens is 114 g/mol. The van der Waals surface area contributed by atoms with Crippen molar-refractivity contribution in [2.24, 2.45) is 23.5 Å². The van der Waals surface area contributed by atoms with Crippen LogP contribution in [0.1, 0.15) is 12.8 Å². The summed E-state index contributed by atoms with van der Waals surface area (Å²) in [6.45, 7) is 0. The van der Waals surface area contributed by atoms with Crippen LogP contribution in [-0.4, -0.2) is 16.7 Å². The SMILES string of the molecule is N[C@@]12C[C@@H]3C[C@H]1C2[C@@H]3O. The second-order valence-electron chi connectivity index (χ2n) is 3.94. The highest BCUT2D eigenvalue weighted by Crippen LogP contribution is 2.71. The van der Waals surface area contributed by atoms with Gasteiger partial charge in [-0.3, -0.25) is 0 Å². The molecule has 2 heteroatoms. The summed E-state index contributed by atoms with van der Waals surface area (Å²) in [6.07, 6.45) is 2.28. The summed E-state index contributed by atoms with van der Waals surface area (Å²) in [5.74, 6) is 1.78. The fraction of sp³-hybridized carbons (Fsp3) is 1.00. The fourth-order valence-electron chi connectivity index (χ4n) is 3.20. The van der Waals surface area contributed by atoms with Crippen LogP contribution in [0.4, 0.5) is 0 Å². The van der Waals surface area contributed by atoms with Crippen molar-refractivity contribution in [3.05, 3.63) is 0 Å². The fourth-order valence-corrected chi connectivity index (χ4v) is 3.20. The van der Waals surface area contributed by atoms with E-state index in [1.807, 2.05) is 0 Å². The van der Waals surface area contributed by atoms with Gasteiger partial charge in [0.25, 0.3) is 0 Å². The first kappa shape index (κ1) is 4.69. The minimum atomic E-state index is -0.0278. The topological polar surface area (TPSA) is 46.2 Å². The first-order chi connectivity index (χ1) is 4.23. The molecule has 2 nitrogen and oxygen atoms in total. The Morgan fingerprint density at radius 1 is 1.56 bits per heavy atom. The molecule has 4 aliphatic carbocycles. The minimum absolute atomic E-state index is 0.0278. The Morgan fingerprint density at radius 3 is 2.44 bits per heavy atom. The van der Waals surface area contributed by atoms with Crippen molar-refractivity contribution in [3.8, 4) is 0 Å². The van der Waals surface area contributed by atoms with Gasteiger partial charge in [-0.2, -0.15) is 0 Å². The standard InChI is InChI=1S/C7H11NO/c8-7-2-3-1-4(7)5(7)6(3)9/h3-6,9H,1-2,8H2/t3-,4-,5?,6+,7-/m0/s1. The van der Waals surface area contributed by atoms with Crippen molar-refractivity contribution < 1.29 is 5.11 Å². The van der Waals surface area contributed by atoms with Gasteiger partial charge in [0.2, 0.25) is 0 Å². The van der Waals surface area contributed by atoms with Gasteiger partial charge >= 0.3 is 0 Å². The maximum Gasteiger partial charge on any atom is 0.0618 e. The molecule has 5 atom stereocenters. The number of hydrogen-bond donors (Lipinski definition) is 2. The Bertz CT molecular complexity index is 180. The number of aliphatic hydroxyl groups is 1. The normalized spacial score (nSPS) is 75.3. The Hall–Kier alpha value is -0.0800. The third-order valence-electron chi connectivity index (χ3n) is 3.66. The molecule has 50 valence electrons. The lowest BCUT2D eigenvalue weighted by atomic mass is 10.1. The van der Waals surface area contributed by atoms with E-state index >= 15 is 0 Å². The molecule has 4 bridgehead atoms. The molecule has 0 aromatic heterocycles. The van der Waals surface area contributed by atoms with Crippen LogP contribution in [0.3, 0.4) is 0 Å². The molecule has 9 heavy (non-hydrogen) atoms. The number of nitrogens with two attached hydrogens (primary N) is 1. The van der Waals surface area contributed by atoms with Gasteiger partial charge in [-0.1, -0.05) is 0 Å². The summed E-state index contributed by atoms with van der Waals surface area (Å²) in [6, 6.07) is 0. The molecule has 1 unspecified atom stereocenters. The van der Waals surface area contributed by atoms with Crippen molar-refractivity contribution >= 4 is 0 Å². The van der Waals surface area contributed by atoms with Gasteiger partial charge in [-0.05, 0) is 24.7 Å².